The molecule has 0 saturated heterocycles. The number of nitrogens with zero attached hydrogens (tertiary/aromatic N) is 1. The van der Waals surface area contributed by atoms with Gasteiger partial charge in [0, 0.05) is 22.5 Å². The van der Waals surface area contributed by atoms with Crippen LogP contribution in [0.5, 0.6) is 0 Å². The minimum Gasteiger partial charge on any atom is -0.311 e. The summed E-state index contributed by atoms with van der Waals surface area (Å²) in [6.45, 7) is 4.70. The third-order valence-corrected chi connectivity index (χ3v) is 14.7. The largest absolute Gasteiger partial charge is 0.311 e. The first-order valence-corrected chi connectivity index (χ1v) is 23.7. The van der Waals surface area contributed by atoms with Crippen LogP contribution in [-0.2, 0) is 5.41 Å². The summed E-state index contributed by atoms with van der Waals surface area (Å²) in [7, 11) is 0. The Bertz CT molecular complexity index is 3870. The molecule has 0 bridgehead atoms. The van der Waals surface area contributed by atoms with Gasteiger partial charge in [0.1, 0.15) is 0 Å². The Kier molecular flexibility index (Phi) is 9.27. The van der Waals surface area contributed by atoms with Gasteiger partial charge < -0.3 is 4.90 Å². The maximum atomic E-state index is 2.41. The second kappa shape index (κ2) is 15.8. The van der Waals surface area contributed by atoms with Gasteiger partial charge in [-0.2, -0.15) is 0 Å². The zero-order valence-electron chi connectivity index (χ0n) is 38.1. The third-order valence-electron chi connectivity index (χ3n) is 14.7. The van der Waals surface area contributed by atoms with Crippen molar-refractivity contribution < 1.29 is 0 Å². The molecule has 1 nitrogen and oxygen atoms in total. The van der Waals surface area contributed by atoms with Gasteiger partial charge in [0.05, 0.1) is 0 Å². The van der Waals surface area contributed by atoms with Crippen LogP contribution in [-0.4, -0.2) is 0 Å². The van der Waals surface area contributed by atoms with Gasteiger partial charge in [-0.25, -0.2) is 0 Å². The number of benzene rings is 12. The number of hydrogen-bond donors (Lipinski definition) is 0. The Morgan fingerprint density at radius 2 is 0.662 bits per heavy atom. The molecule has 0 aliphatic heterocycles. The van der Waals surface area contributed by atoms with E-state index in [1.165, 1.54) is 110 Å². The lowest BCUT2D eigenvalue weighted by Crippen LogP contribution is -2.14. The summed E-state index contributed by atoms with van der Waals surface area (Å²) in [6, 6.07) is 91.9. The summed E-state index contributed by atoms with van der Waals surface area (Å²) >= 11 is 0. The molecule has 0 spiro atoms. The van der Waals surface area contributed by atoms with Crippen LogP contribution in [0.15, 0.2) is 249 Å². The minimum atomic E-state index is -0.0523. The van der Waals surface area contributed by atoms with E-state index in [1.54, 1.807) is 0 Å². The van der Waals surface area contributed by atoms with Gasteiger partial charge in [0.2, 0.25) is 0 Å². The zero-order valence-corrected chi connectivity index (χ0v) is 38.1. The highest BCUT2D eigenvalue weighted by Crippen LogP contribution is 2.50. The highest BCUT2D eigenvalue weighted by atomic mass is 15.1. The molecule has 320 valence electrons. The molecule has 1 heteroatoms. The number of anilines is 3. The first kappa shape index (κ1) is 39.8. The molecule has 12 aromatic rings. The molecule has 0 fully saturated rings. The Hall–Kier alpha value is -8.52. The van der Waals surface area contributed by atoms with E-state index >= 15 is 0 Å². The maximum Gasteiger partial charge on any atom is 0.0462 e. The van der Waals surface area contributed by atoms with E-state index in [1.807, 2.05) is 0 Å². The van der Waals surface area contributed by atoms with E-state index in [9.17, 15) is 0 Å². The van der Waals surface area contributed by atoms with E-state index in [2.05, 4.69) is 267 Å². The monoisotopic (exact) mass is 865 g/mol. The van der Waals surface area contributed by atoms with Crippen molar-refractivity contribution in [2.45, 2.75) is 19.3 Å². The molecule has 0 amide bonds. The second-order valence-corrected chi connectivity index (χ2v) is 18.9. The molecule has 0 saturated carbocycles. The summed E-state index contributed by atoms with van der Waals surface area (Å²) < 4.78 is 0. The van der Waals surface area contributed by atoms with Crippen LogP contribution >= 0.6 is 0 Å². The van der Waals surface area contributed by atoms with E-state index in [4.69, 9.17) is 0 Å². The van der Waals surface area contributed by atoms with Crippen LogP contribution in [0.25, 0.3) is 98.7 Å². The Morgan fingerprint density at radius 1 is 0.250 bits per heavy atom. The molecular weight excluding hydrogens is 819 g/mol. The normalized spacial score (nSPS) is 12.7. The van der Waals surface area contributed by atoms with E-state index in [-0.39, 0.29) is 5.41 Å². The SMILES string of the molecule is CC1(C)c2ccccc2-c2ccc(-c3ccc(N(c4ccc(-c5cccc(-c6cccc7ccccc67)c5)cc4)c4ccc(-c5ccc6c7ccccc7c7ccccc7c6c5)cc4)cc3)cc21. The van der Waals surface area contributed by atoms with Gasteiger partial charge in [-0.05, 0) is 164 Å². The average Bonchev–Trinajstić information content (AvgIpc) is 3.64. The van der Waals surface area contributed by atoms with Crippen molar-refractivity contribution in [3.05, 3.63) is 260 Å². The van der Waals surface area contributed by atoms with E-state index in [0.717, 1.165) is 17.1 Å². The molecule has 1 aliphatic carbocycles. The van der Waals surface area contributed by atoms with Crippen molar-refractivity contribution in [2.24, 2.45) is 0 Å². The topological polar surface area (TPSA) is 3.24 Å². The number of fused-ring (bicyclic) bond motifs is 10. The summed E-state index contributed by atoms with van der Waals surface area (Å²) in [5.41, 5.74) is 18.4. The third kappa shape index (κ3) is 6.54. The highest BCUT2D eigenvalue weighted by Gasteiger charge is 2.35. The van der Waals surface area contributed by atoms with Gasteiger partial charge in [-0.3, -0.25) is 0 Å². The van der Waals surface area contributed by atoms with E-state index in [0.29, 0.717) is 0 Å². The van der Waals surface area contributed by atoms with Gasteiger partial charge in [0.15, 0.2) is 0 Å². The van der Waals surface area contributed by atoms with Gasteiger partial charge >= 0.3 is 0 Å². The summed E-state index contributed by atoms with van der Waals surface area (Å²) in [4.78, 5) is 2.38. The second-order valence-electron chi connectivity index (χ2n) is 18.9. The molecule has 0 atom stereocenters. The van der Waals surface area contributed by atoms with Crippen LogP contribution in [0.2, 0.25) is 0 Å². The lowest BCUT2D eigenvalue weighted by atomic mass is 9.81. The Labute approximate surface area is 397 Å². The molecule has 0 aromatic heterocycles. The summed E-state index contributed by atoms with van der Waals surface area (Å²) in [5.74, 6) is 0. The predicted octanol–water partition coefficient (Wildman–Crippen LogP) is 18.7. The first-order chi connectivity index (χ1) is 33.5. The fourth-order valence-corrected chi connectivity index (χ4v) is 11.2. The Morgan fingerprint density at radius 3 is 1.29 bits per heavy atom. The minimum absolute atomic E-state index is 0.0523. The molecule has 0 unspecified atom stereocenters. The molecule has 0 radical (unpaired) electrons. The molecular formula is C67H47N. The van der Waals surface area contributed by atoms with Crippen molar-refractivity contribution in [1.82, 2.24) is 0 Å². The van der Waals surface area contributed by atoms with Crippen LogP contribution in [0.3, 0.4) is 0 Å². The van der Waals surface area contributed by atoms with Crippen LogP contribution in [0.1, 0.15) is 25.0 Å². The van der Waals surface area contributed by atoms with Crippen molar-refractivity contribution in [3.63, 3.8) is 0 Å². The summed E-state index contributed by atoms with van der Waals surface area (Å²) in [6.07, 6.45) is 0. The lowest BCUT2D eigenvalue weighted by Gasteiger charge is -2.26. The van der Waals surface area contributed by atoms with Crippen LogP contribution in [0, 0.1) is 0 Å². The highest BCUT2D eigenvalue weighted by molar-refractivity contribution is 6.25. The fraction of sp³-hybridized carbons (Fsp3) is 0.0448. The molecule has 0 N–H and O–H groups in total. The average molecular weight is 866 g/mol. The van der Waals surface area contributed by atoms with Crippen molar-refractivity contribution in [1.29, 1.82) is 0 Å². The Balaban J connectivity index is 0.875. The standard InChI is InChI=1S/C67H47N/c1-67(2)65-24-10-9-22-62(65)63-40-32-50(43-66(63)67)46-29-37-54(38-30-46)68(52-33-25-44(26-34-52)48-15-11-16-51(41-48)56-23-12-14-47-13-3-4-17-55(47)56)53-35-27-45(28-36-53)49-31-39-61-59-20-6-5-18-57(59)58-19-7-8-21-60(58)64(61)42-49/h3-43H,1-2H3. The molecule has 68 heavy (non-hydrogen) atoms. The molecule has 1 aliphatic rings. The predicted molar refractivity (Wildman–Crippen MR) is 290 cm³/mol. The van der Waals surface area contributed by atoms with Crippen LogP contribution in [0.4, 0.5) is 17.1 Å². The van der Waals surface area contributed by atoms with Crippen molar-refractivity contribution in [2.75, 3.05) is 4.90 Å². The fourth-order valence-electron chi connectivity index (χ4n) is 11.2. The van der Waals surface area contributed by atoms with Crippen molar-refractivity contribution >= 4 is 60.2 Å². The smallest absolute Gasteiger partial charge is 0.0462 e. The van der Waals surface area contributed by atoms with E-state index < -0.39 is 0 Å². The molecule has 13 rings (SSSR count). The van der Waals surface area contributed by atoms with Crippen LogP contribution < -0.4 is 4.90 Å². The molecule has 0 heterocycles. The van der Waals surface area contributed by atoms with Gasteiger partial charge in [0.25, 0.3) is 0 Å². The summed E-state index contributed by atoms with van der Waals surface area (Å²) in [5, 5.41) is 10.2. The quantitative estimate of drug-likeness (QED) is 0.144. The first-order valence-electron chi connectivity index (χ1n) is 23.7. The van der Waals surface area contributed by atoms with Gasteiger partial charge in [-0.15, -0.1) is 0 Å². The molecule has 12 aromatic carbocycles. The number of hydrogen-bond acceptors (Lipinski definition) is 1. The zero-order chi connectivity index (χ0) is 45.3. The van der Waals surface area contributed by atoms with Crippen molar-refractivity contribution in [3.8, 4) is 55.6 Å². The maximum absolute atomic E-state index is 2.41. The number of rotatable bonds is 7. The van der Waals surface area contributed by atoms with Gasteiger partial charge in [-0.1, -0.05) is 208 Å². The lowest BCUT2D eigenvalue weighted by molar-refractivity contribution is 0.660.